The third-order valence-electron chi connectivity index (χ3n) is 2.68. The molecule has 0 aliphatic heterocycles. The van der Waals surface area contributed by atoms with Crippen molar-refractivity contribution in [1.82, 2.24) is 10.2 Å². The fourth-order valence-electron chi connectivity index (χ4n) is 1.76. The maximum absolute atomic E-state index is 13.5. The van der Waals surface area contributed by atoms with Gasteiger partial charge in [0, 0.05) is 18.7 Å². The number of aromatic amines is 1. The molecule has 0 amide bonds. The maximum atomic E-state index is 13.5. The van der Waals surface area contributed by atoms with Crippen LogP contribution in [-0.4, -0.2) is 18.6 Å². The van der Waals surface area contributed by atoms with Crippen LogP contribution in [0.3, 0.4) is 0 Å². The summed E-state index contributed by atoms with van der Waals surface area (Å²) in [5, 5.41) is 6.14. The molecule has 2 rings (SSSR count). The lowest BCUT2D eigenvalue weighted by Gasteiger charge is -2.10. The van der Waals surface area contributed by atoms with Crippen molar-refractivity contribution in [3.63, 3.8) is 0 Å². The molecule has 6 nitrogen and oxygen atoms in total. The van der Waals surface area contributed by atoms with Crippen LogP contribution in [0.25, 0.3) is 0 Å². The number of nitrogens with two attached hydrogens (primary N) is 1. The summed E-state index contributed by atoms with van der Waals surface area (Å²) in [7, 11) is -4.25. The summed E-state index contributed by atoms with van der Waals surface area (Å²) >= 11 is 0. The molecule has 0 atom stereocenters. The second-order valence-corrected chi connectivity index (χ2v) is 5.80. The van der Waals surface area contributed by atoms with Crippen LogP contribution in [0, 0.1) is 24.4 Å². The van der Waals surface area contributed by atoms with Gasteiger partial charge in [-0.2, -0.15) is 5.10 Å². The molecular formula is C11H11F3N4O2S. The largest absolute Gasteiger partial charge is 0.325 e. The molecule has 0 saturated carbocycles. The minimum Gasteiger partial charge on any atom is -0.325 e. The molecule has 0 bridgehead atoms. The summed E-state index contributed by atoms with van der Waals surface area (Å²) in [4.78, 5) is -0.255. The Kier molecular flexibility index (Phi) is 3.92. The monoisotopic (exact) mass is 320 g/mol. The van der Waals surface area contributed by atoms with Crippen LogP contribution in [0.4, 0.5) is 18.9 Å². The summed E-state index contributed by atoms with van der Waals surface area (Å²) in [5.41, 5.74) is 4.89. The van der Waals surface area contributed by atoms with Gasteiger partial charge in [-0.3, -0.25) is 9.82 Å². The van der Waals surface area contributed by atoms with Gasteiger partial charge in [0.1, 0.15) is 10.7 Å². The van der Waals surface area contributed by atoms with E-state index in [2.05, 4.69) is 10.2 Å². The minimum atomic E-state index is -4.25. The SMILES string of the molecule is Cc1[nH]nc(CN)c1S(=O)(=O)Nc1cc(F)c(F)cc1F. The average molecular weight is 320 g/mol. The van der Waals surface area contributed by atoms with Gasteiger partial charge in [-0.25, -0.2) is 21.6 Å². The molecule has 10 heteroatoms. The van der Waals surface area contributed by atoms with E-state index in [-0.39, 0.29) is 28.9 Å². The van der Waals surface area contributed by atoms with Crippen LogP contribution in [0.15, 0.2) is 17.0 Å². The second-order valence-electron chi connectivity index (χ2n) is 4.18. The van der Waals surface area contributed by atoms with Gasteiger partial charge in [0.15, 0.2) is 11.6 Å². The maximum Gasteiger partial charge on any atom is 0.265 e. The number of nitrogens with one attached hydrogen (secondary N) is 2. The van der Waals surface area contributed by atoms with E-state index in [4.69, 9.17) is 5.73 Å². The van der Waals surface area contributed by atoms with Gasteiger partial charge in [0.2, 0.25) is 0 Å². The molecule has 0 radical (unpaired) electrons. The number of hydrogen-bond acceptors (Lipinski definition) is 4. The quantitative estimate of drug-likeness (QED) is 0.741. The van der Waals surface area contributed by atoms with Crippen molar-refractivity contribution in [3.8, 4) is 0 Å². The fraction of sp³-hybridized carbons (Fsp3) is 0.182. The number of nitrogens with zero attached hydrogens (tertiary/aromatic N) is 1. The first-order valence-electron chi connectivity index (χ1n) is 5.67. The molecule has 2 aromatic rings. The number of benzene rings is 1. The Morgan fingerprint density at radius 2 is 1.86 bits per heavy atom. The fourth-order valence-corrected chi connectivity index (χ4v) is 3.20. The molecule has 0 spiro atoms. The topological polar surface area (TPSA) is 101 Å². The normalized spacial score (nSPS) is 11.7. The van der Waals surface area contributed by atoms with Crippen molar-refractivity contribution in [3.05, 3.63) is 41.0 Å². The van der Waals surface area contributed by atoms with Crippen molar-refractivity contribution in [2.45, 2.75) is 18.4 Å². The van der Waals surface area contributed by atoms with Crippen molar-refractivity contribution in [2.75, 3.05) is 4.72 Å². The number of sulfonamides is 1. The first kappa shape index (κ1) is 15.3. The zero-order valence-corrected chi connectivity index (χ0v) is 11.6. The van der Waals surface area contributed by atoms with E-state index in [1.165, 1.54) is 6.92 Å². The molecular weight excluding hydrogens is 309 g/mol. The Hall–Kier alpha value is -2.07. The Balaban J connectivity index is 2.47. The molecule has 0 aliphatic rings. The van der Waals surface area contributed by atoms with E-state index >= 15 is 0 Å². The highest BCUT2D eigenvalue weighted by Gasteiger charge is 2.25. The Morgan fingerprint density at radius 1 is 1.24 bits per heavy atom. The van der Waals surface area contributed by atoms with E-state index < -0.39 is 33.2 Å². The average Bonchev–Trinajstić information content (AvgIpc) is 2.77. The predicted molar refractivity (Wildman–Crippen MR) is 68.3 cm³/mol. The second kappa shape index (κ2) is 5.37. The minimum absolute atomic E-state index is 0.0444. The van der Waals surface area contributed by atoms with Gasteiger partial charge in [0.25, 0.3) is 10.0 Å². The van der Waals surface area contributed by atoms with E-state index in [1.54, 1.807) is 0 Å². The van der Waals surface area contributed by atoms with Crippen LogP contribution >= 0.6 is 0 Å². The van der Waals surface area contributed by atoms with Gasteiger partial charge >= 0.3 is 0 Å². The van der Waals surface area contributed by atoms with Gasteiger partial charge in [-0.05, 0) is 6.92 Å². The van der Waals surface area contributed by atoms with Crippen molar-refractivity contribution in [2.24, 2.45) is 5.73 Å². The molecule has 0 unspecified atom stereocenters. The Morgan fingerprint density at radius 3 is 2.48 bits per heavy atom. The number of H-pyrrole nitrogens is 1. The standard InChI is InChI=1S/C11H11F3N4O2S/c1-5-11(10(4-15)17-16-5)21(19,20)18-9-3-7(13)6(12)2-8(9)14/h2-3,18H,4,15H2,1H3,(H,16,17). The van der Waals surface area contributed by atoms with Crippen molar-refractivity contribution >= 4 is 15.7 Å². The highest BCUT2D eigenvalue weighted by Crippen LogP contribution is 2.24. The summed E-state index contributed by atoms with van der Waals surface area (Å²) in [6.45, 7) is 1.27. The van der Waals surface area contributed by atoms with Crippen LogP contribution < -0.4 is 10.5 Å². The zero-order valence-electron chi connectivity index (χ0n) is 10.7. The van der Waals surface area contributed by atoms with E-state index in [1.807, 2.05) is 4.72 Å². The summed E-state index contributed by atoms with van der Waals surface area (Å²) in [6, 6.07) is 0.666. The van der Waals surface area contributed by atoms with Gasteiger partial charge in [0.05, 0.1) is 17.1 Å². The van der Waals surface area contributed by atoms with Gasteiger partial charge in [-0.1, -0.05) is 0 Å². The number of anilines is 1. The van der Waals surface area contributed by atoms with Crippen LogP contribution in [-0.2, 0) is 16.6 Å². The number of halogens is 3. The third kappa shape index (κ3) is 2.85. The number of rotatable bonds is 4. The first-order chi connectivity index (χ1) is 9.76. The molecule has 1 aromatic carbocycles. The molecule has 1 aromatic heterocycles. The van der Waals surface area contributed by atoms with Crippen LogP contribution in [0.1, 0.15) is 11.4 Å². The number of aromatic nitrogens is 2. The van der Waals surface area contributed by atoms with Crippen molar-refractivity contribution in [1.29, 1.82) is 0 Å². The summed E-state index contributed by atoms with van der Waals surface area (Å²) in [5.74, 6) is -4.04. The van der Waals surface area contributed by atoms with Crippen molar-refractivity contribution < 1.29 is 21.6 Å². The molecule has 0 fully saturated rings. The molecule has 4 N–H and O–H groups in total. The Labute approximate surface area is 118 Å². The molecule has 0 saturated heterocycles. The lowest BCUT2D eigenvalue weighted by Crippen LogP contribution is -2.17. The van der Waals surface area contributed by atoms with Gasteiger partial charge in [-0.15, -0.1) is 0 Å². The highest BCUT2D eigenvalue weighted by atomic mass is 32.2. The van der Waals surface area contributed by atoms with E-state index in [9.17, 15) is 21.6 Å². The van der Waals surface area contributed by atoms with E-state index in [0.717, 1.165) is 0 Å². The number of aryl methyl sites for hydroxylation is 1. The van der Waals surface area contributed by atoms with Crippen LogP contribution in [0.2, 0.25) is 0 Å². The summed E-state index contributed by atoms with van der Waals surface area (Å²) in [6.07, 6.45) is 0. The highest BCUT2D eigenvalue weighted by molar-refractivity contribution is 7.92. The van der Waals surface area contributed by atoms with Crippen LogP contribution in [0.5, 0.6) is 0 Å². The lowest BCUT2D eigenvalue weighted by molar-refractivity contribution is 0.496. The molecule has 114 valence electrons. The first-order valence-corrected chi connectivity index (χ1v) is 7.16. The molecule has 0 aliphatic carbocycles. The molecule has 21 heavy (non-hydrogen) atoms. The van der Waals surface area contributed by atoms with Gasteiger partial charge < -0.3 is 5.73 Å². The predicted octanol–water partition coefficient (Wildman–Crippen LogP) is 1.39. The number of hydrogen-bond donors (Lipinski definition) is 3. The zero-order chi connectivity index (χ0) is 15.8. The van der Waals surface area contributed by atoms with E-state index in [0.29, 0.717) is 6.07 Å². The lowest BCUT2D eigenvalue weighted by atomic mass is 10.3. The third-order valence-corrected chi connectivity index (χ3v) is 4.25. The summed E-state index contributed by atoms with van der Waals surface area (Å²) < 4.78 is 65.7. The smallest absolute Gasteiger partial charge is 0.265 e. The molecule has 1 heterocycles. The Bertz CT molecular complexity index is 789.